The van der Waals surface area contributed by atoms with Crippen molar-refractivity contribution in [1.82, 2.24) is 29.0 Å². The number of fused-ring (bicyclic) bond motifs is 1. The van der Waals surface area contributed by atoms with Crippen molar-refractivity contribution in [3.8, 4) is 0 Å². The van der Waals surface area contributed by atoms with Crippen molar-refractivity contribution in [3.05, 3.63) is 46.9 Å². The highest BCUT2D eigenvalue weighted by Gasteiger charge is 2.29. The minimum Gasteiger partial charge on any atom is -0.337 e. The number of carbonyl (C=O) groups excluding carboxylic acids is 1. The molecule has 1 aliphatic rings. The van der Waals surface area contributed by atoms with Crippen LogP contribution in [0.4, 0.5) is 0 Å². The van der Waals surface area contributed by atoms with Crippen LogP contribution >= 0.6 is 0 Å². The van der Waals surface area contributed by atoms with Crippen molar-refractivity contribution in [2.24, 2.45) is 7.05 Å². The molecule has 26 heavy (non-hydrogen) atoms. The van der Waals surface area contributed by atoms with E-state index in [0.29, 0.717) is 12.2 Å². The number of aryl methyl sites for hydroxylation is 4. The molecule has 1 amide bonds. The SMILES string of the molecule is Cc1cn(C)c([C@@H]2CCCN(C(=O)c3cc4nc(C)cc(C)n4n3)C2)n1. The van der Waals surface area contributed by atoms with Gasteiger partial charge in [-0.15, -0.1) is 0 Å². The van der Waals surface area contributed by atoms with Crippen molar-refractivity contribution >= 4 is 11.6 Å². The first kappa shape index (κ1) is 16.8. The van der Waals surface area contributed by atoms with Crippen LogP contribution in [0, 0.1) is 20.8 Å². The van der Waals surface area contributed by atoms with Gasteiger partial charge in [0, 0.05) is 49.7 Å². The number of likely N-dealkylation sites (tertiary alicyclic amines) is 1. The van der Waals surface area contributed by atoms with E-state index in [9.17, 15) is 4.79 Å². The third-order valence-electron chi connectivity index (χ3n) is 5.06. The van der Waals surface area contributed by atoms with Crippen LogP contribution in [0.25, 0.3) is 5.65 Å². The maximum absolute atomic E-state index is 13.0. The molecule has 0 bridgehead atoms. The van der Waals surface area contributed by atoms with Crippen LogP contribution in [0.2, 0.25) is 0 Å². The second kappa shape index (κ2) is 6.23. The van der Waals surface area contributed by atoms with Gasteiger partial charge in [-0.1, -0.05) is 0 Å². The van der Waals surface area contributed by atoms with Gasteiger partial charge >= 0.3 is 0 Å². The summed E-state index contributed by atoms with van der Waals surface area (Å²) in [6.07, 6.45) is 4.07. The van der Waals surface area contributed by atoms with E-state index in [0.717, 1.165) is 47.9 Å². The second-order valence-electron chi connectivity index (χ2n) is 7.28. The van der Waals surface area contributed by atoms with E-state index >= 15 is 0 Å². The molecule has 4 heterocycles. The first-order valence-corrected chi connectivity index (χ1v) is 9.05. The molecule has 0 saturated carbocycles. The molecule has 136 valence electrons. The molecule has 1 fully saturated rings. The highest BCUT2D eigenvalue weighted by Crippen LogP contribution is 2.27. The van der Waals surface area contributed by atoms with Gasteiger partial charge in [0.15, 0.2) is 11.3 Å². The van der Waals surface area contributed by atoms with Crippen LogP contribution in [0.1, 0.15) is 52.2 Å². The van der Waals surface area contributed by atoms with Crippen molar-refractivity contribution in [2.75, 3.05) is 13.1 Å². The van der Waals surface area contributed by atoms with Gasteiger partial charge < -0.3 is 9.47 Å². The molecule has 3 aromatic heterocycles. The summed E-state index contributed by atoms with van der Waals surface area (Å²) >= 11 is 0. The lowest BCUT2D eigenvalue weighted by Crippen LogP contribution is -2.39. The normalized spacial score (nSPS) is 17.8. The van der Waals surface area contributed by atoms with Crippen LogP contribution in [0.3, 0.4) is 0 Å². The molecule has 1 aliphatic heterocycles. The molecular weight excluding hydrogens is 328 g/mol. The van der Waals surface area contributed by atoms with Crippen molar-refractivity contribution < 1.29 is 4.79 Å². The summed E-state index contributed by atoms with van der Waals surface area (Å²) in [6, 6.07) is 3.76. The third kappa shape index (κ3) is 2.87. The van der Waals surface area contributed by atoms with Gasteiger partial charge in [-0.3, -0.25) is 4.79 Å². The standard InChI is InChI=1S/C19H24N6O/c1-12-8-14(3)25-17(20-12)9-16(22-25)19(26)24-7-5-6-15(11-24)18-21-13(2)10-23(18)4/h8-10,15H,5-7,11H2,1-4H3/t15-/m1/s1. The molecule has 7 heteroatoms. The van der Waals surface area contributed by atoms with Gasteiger partial charge in [-0.2, -0.15) is 5.10 Å². The molecule has 1 saturated heterocycles. The lowest BCUT2D eigenvalue weighted by atomic mass is 9.97. The predicted molar refractivity (Wildman–Crippen MR) is 98.3 cm³/mol. The molecule has 0 N–H and O–H groups in total. The average Bonchev–Trinajstić information content (AvgIpc) is 3.17. The summed E-state index contributed by atoms with van der Waals surface area (Å²) in [6.45, 7) is 7.37. The highest BCUT2D eigenvalue weighted by molar-refractivity contribution is 5.93. The Morgan fingerprint density at radius 3 is 2.69 bits per heavy atom. The Labute approximate surface area is 152 Å². The van der Waals surface area contributed by atoms with Gasteiger partial charge in [0.1, 0.15) is 5.82 Å². The Bertz CT molecular complexity index is 985. The monoisotopic (exact) mass is 352 g/mol. The smallest absolute Gasteiger partial charge is 0.274 e. The van der Waals surface area contributed by atoms with E-state index in [-0.39, 0.29) is 11.8 Å². The number of amides is 1. The van der Waals surface area contributed by atoms with Gasteiger partial charge in [0.05, 0.1) is 5.69 Å². The Kier molecular flexibility index (Phi) is 4.01. The van der Waals surface area contributed by atoms with Crippen LogP contribution in [0.5, 0.6) is 0 Å². The van der Waals surface area contributed by atoms with Crippen LogP contribution in [-0.4, -0.2) is 48.0 Å². The summed E-state index contributed by atoms with van der Waals surface area (Å²) < 4.78 is 3.82. The zero-order chi connectivity index (χ0) is 18.4. The second-order valence-corrected chi connectivity index (χ2v) is 7.28. The number of nitrogens with zero attached hydrogens (tertiary/aromatic N) is 6. The van der Waals surface area contributed by atoms with Gasteiger partial charge in [0.25, 0.3) is 5.91 Å². The fraction of sp³-hybridized carbons (Fsp3) is 0.474. The molecule has 0 spiro atoms. The fourth-order valence-electron chi connectivity index (χ4n) is 3.94. The number of hydrogen-bond donors (Lipinski definition) is 0. The minimum absolute atomic E-state index is 0.0248. The van der Waals surface area contributed by atoms with Crippen LogP contribution < -0.4 is 0 Å². The summed E-state index contributed by atoms with van der Waals surface area (Å²) in [7, 11) is 2.02. The topological polar surface area (TPSA) is 68.3 Å². The zero-order valence-corrected chi connectivity index (χ0v) is 15.7. The van der Waals surface area contributed by atoms with Crippen molar-refractivity contribution in [2.45, 2.75) is 39.5 Å². The lowest BCUT2D eigenvalue weighted by Gasteiger charge is -2.32. The third-order valence-corrected chi connectivity index (χ3v) is 5.06. The van der Waals surface area contributed by atoms with Gasteiger partial charge in [-0.25, -0.2) is 14.5 Å². The van der Waals surface area contributed by atoms with Crippen molar-refractivity contribution in [1.29, 1.82) is 0 Å². The van der Waals surface area contributed by atoms with E-state index in [1.807, 2.05) is 45.0 Å². The van der Waals surface area contributed by atoms with E-state index in [1.165, 1.54) is 0 Å². The summed E-state index contributed by atoms with van der Waals surface area (Å²) in [5, 5.41) is 4.49. The van der Waals surface area contributed by atoms with Gasteiger partial charge in [-0.05, 0) is 39.7 Å². The Balaban J connectivity index is 1.60. The summed E-state index contributed by atoms with van der Waals surface area (Å²) in [5.74, 6) is 1.30. The minimum atomic E-state index is -0.0248. The molecule has 3 aromatic rings. The van der Waals surface area contributed by atoms with E-state index in [2.05, 4.69) is 19.6 Å². The zero-order valence-electron chi connectivity index (χ0n) is 15.7. The first-order chi connectivity index (χ1) is 12.4. The molecular formula is C19H24N6O. The molecule has 0 aromatic carbocycles. The number of piperidine rings is 1. The predicted octanol–water partition coefficient (Wildman–Crippen LogP) is 2.41. The molecule has 4 rings (SSSR count). The van der Waals surface area contributed by atoms with Crippen LogP contribution in [-0.2, 0) is 7.05 Å². The highest BCUT2D eigenvalue weighted by atomic mass is 16.2. The number of rotatable bonds is 2. The summed E-state index contributed by atoms with van der Waals surface area (Å²) in [5.41, 5.74) is 4.11. The van der Waals surface area contributed by atoms with E-state index in [4.69, 9.17) is 0 Å². The fourth-order valence-corrected chi connectivity index (χ4v) is 3.94. The molecule has 0 unspecified atom stereocenters. The van der Waals surface area contributed by atoms with Crippen molar-refractivity contribution in [3.63, 3.8) is 0 Å². The number of imidazole rings is 1. The number of carbonyl (C=O) groups is 1. The average molecular weight is 352 g/mol. The Morgan fingerprint density at radius 1 is 1.15 bits per heavy atom. The first-order valence-electron chi connectivity index (χ1n) is 9.05. The Morgan fingerprint density at radius 2 is 1.96 bits per heavy atom. The van der Waals surface area contributed by atoms with Crippen LogP contribution in [0.15, 0.2) is 18.3 Å². The quantitative estimate of drug-likeness (QED) is 0.710. The molecule has 0 aliphatic carbocycles. The van der Waals surface area contributed by atoms with E-state index < -0.39 is 0 Å². The maximum atomic E-state index is 13.0. The van der Waals surface area contributed by atoms with Gasteiger partial charge in [0.2, 0.25) is 0 Å². The lowest BCUT2D eigenvalue weighted by molar-refractivity contribution is 0.0697. The molecule has 7 nitrogen and oxygen atoms in total. The number of hydrogen-bond acceptors (Lipinski definition) is 4. The molecule has 1 atom stereocenters. The summed E-state index contributed by atoms with van der Waals surface area (Å²) in [4.78, 5) is 24.1. The number of aromatic nitrogens is 5. The van der Waals surface area contributed by atoms with E-state index in [1.54, 1.807) is 10.6 Å². The molecule has 0 radical (unpaired) electrons. The maximum Gasteiger partial charge on any atom is 0.274 e. The largest absolute Gasteiger partial charge is 0.337 e. The Hall–Kier alpha value is -2.70.